The van der Waals surface area contributed by atoms with Gasteiger partial charge in [0.2, 0.25) is 5.71 Å². The summed E-state index contributed by atoms with van der Waals surface area (Å²) in [5, 5.41) is 4.48. The zero-order chi connectivity index (χ0) is 18.5. The van der Waals surface area contributed by atoms with Crippen molar-refractivity contribution in [1.29, 1.82) is 0 Å². The Kier molecular flexibility index (Phi) is 5.78. The van der Waals surface area contributed by atoms with Crippen LogP contribution in [0.3, 0.4) is 0 Å². The maximum absolute atomic E-state index is 5.96. The van der Waals surface area contributed by atoms with Crippen molar-refractivity contribution in [2.24, 2.45) is 5.92 Å². The third kappa shape index (κ3) is 4.55. The van der Waals surface area contributed by atoms with Gasteiger partial charge in [-0.1, -0.05) is 13.8 Å². The minimum atomic E-state index is 0.574. The molecular weight excluding hydrogens is 326 g/mol. The predicted molar refractivity (Wildman–Crippen MR) is 107 cm³/mol. The van der Waals surface area contributed by atoms with Crippen molar-refractivity contribution in [3.8, 4) is 17.1 Å². The van der Waals surface area contributed by atoms with Crippen LogP contribution in [0.25, 0.3) is 22.4 Å². The maximum Gasteiger partial charge on any atom is 0.228 e. The number of ether oxygens (including phenoxy) is 1. The fourth-order valence-electron chi connectivity index (χ4n) is 2.61. The van der Waals surface area contributed by atoms with Crippen LogP contribution in [0.1, 0.15) is 13.8 Å². The normalized spacial score (nSPS) is 11.5. The van der Waals surface area contributed by atoms with Crippen molar-refractivity contribution in [2.75, 3.05) is 39.1 Å². The quantitative estimate of drug-likeness (QED) is 0.646. The van der Waals surface area contributed by atoms with E-state index in [4.69, 9.17) is 9.15 Å². The number of hydrogen-bond acceptors (Lipinski definition) is 5. The molecule has 26 heavy (non-hydrogen) atoms. The molecule has 0 aliphatic rings. The highest BCUT2D eigenvalue weighted by molar-refractivity contribution is 5.91. The monoisotopic (exact) mass is 353 g/mol. The van der Waals surface area contributed by atoms with Gasteiger partial charge in [0.25, 0.3) is 0 Å². The molecule has 3 rings (SSSR count). The lowest BCUT2D eigenvalue weighted by molar-refractivity contribution is 0.261. The smallest absolute Gasteiger partial charge is 0.228 e. The number of furan rings is 1. The van der Waals surface area contributed by atoms with Gasteiger partial charge in [-0.25, -0.2) is 4.98 Å². The standard InChI is InChI=1S/C21H27N3O2/c1-15(2)14-23-19-9-10-22-21-18(19)13-20(26-21)16-5-7-17(8-6-16)25-12-11-24(3)4/h5-10,13,15H,11-12,14H2,1-4H3,(H,22,23). The third-order valence-electron chi connectivity index (χ3n) is 4.08. The maximum atomic E-state index is 5.96. The second-order valence-corrected chi connectivity index (χ2v) is 7.14. The molecule has 1 aromatic carbocycles. The number of pyridine rings is 1. The summed E-state index contributed by atoms with van der Waals surface area (Å²) in [4.78, 5) is 6.45. The molecule has 0 saturated carbocycles. The highest BCUT2D eigenvalue weighted by Crippen LogP contribution is 2.31. The molecule has 0 saturated heterocycles. The minimum Gasteiger partial charge on any atom is -0.492 e. The molecule has 5 nitrogen and oxygen atoms in total. The van der Waals surface area contributed by atoms with Gasteiger partial charge < -0.3 is 19.4 Å². The average molecular weight is 353 g/mol. The van der Waals surface area contributed by atoms with E-state index in [1.807, 2.05) is 50.5 Å². The molecule has 0 spiro atoms. The first-order chi connectivity index (χ1) is 12.5. The van der Waals surface area contributed by atoms with Crippen LogP contribution in [0.4, 0.5) is 5.69 Å². The van der Waals surface area contributed by atoms with Crippen LogP contribution in [-0.4, -0.2) is 43.7 Å². The summed E-state index contributed by atoms with van der Waals surface area (Å²) in [5.74, 6) is 2.25. The lowest BCUT2D eigenvalue weighted by Crippen LogP contribution is -2.19. The van der Waals surface area contributed by atoms with Crippen LogP contribution in [-0.2, 0) is 0 Å². The molecule has 0 aliphatic heterocycles. The Labute approximate surface area is 155 Å². The highest BCUT2D eigenvalue weighted by atomic mass is 16.5. The molecular formula is C21H27N3O2. The molecule has 0 fully saturated rings. The van der Waals surface area contributed by atoms with E-state index < -0.39 is 0 Å². The highest BCUT2D eigenvalue weighted by Gasteiger charge is 2.11. The summed E-state index contributed by atoms with van der Waals surface area (Å²) < 4.78 is 11.7. The van der Waals surface area contributed by atoms with Crippen molar-refractivity contribution in [3.63, 3.8) is 0 Å². The number of fused-ring (bicyclic) bond motifs is 1. The topological polar surface area (TPSA) is 50.5 Å². The van der Waals surface area contributed by atoms with Gasteiger partial charge in [0, 0.05) is 30.5 Å². The molecule has 5 heteroatoms. The molecule has 2 heterocycles. The van der Waals surface area contributed by atoms with E-state index in [1.54, 1.807) is 6.20 Å². The molecule has 0 atom stereocenters. The van der Waals surface area contributed by atoms with Crippen LogP contribution >= 0.6 is 0 Å². The Balaban J connectivity index is 1.76. The summed E-state index contributed by atoms with van der Waals surface area (Å²) in [6.07, 6.45) is 1.78. The average Bonchev–Trinajstić information content (AvgIpc) is 3.05. The largest absolute Gasteiger partial charge is 0.492 e. The van der Waals surface area contributed by atoms with E-state index in [9.17, 15) is 0 Å². The van der Waals surface area contributed by atoms with Gasteiger partial charge in [0.1, 0.15) is 18.1 Å². The Morgan fingerprint density at radius 3 is 2.62 bits per heavy atom. The van der Waals surface area contributed by atoms with Crippen molar-refractivity contribution in [1.82, 2.24) is 9.88 Å². The number of aromatic nitrogens is 1. The first kappa shape index (κ1) is 18.3. The molecule has 0 radical (unpaired) electrons. The molecule has 2 aromatic heterocycles. The molecule has 1 N–H and O–H groups in total. The molecule has 0 amide bonds. The number of hydrogen-bond donors (Lipinski definition) is 1. The summed E-state index contributed by atoms with van der Waals surface area (Å²) in [5.41, 5.74) is 2.72. The first-order valence-electron chi connectivity index (χ1n) is 9.03. The molecule has 0 bridgehead atoms. The van der Waals surface area contributed by atoms with Crippen LogP contribution in [0, 0.1) is 5.92 Å². The number of likely N-dealkylation sites (N-methyl/N-ethyl adjacent to an activating group) is 1. The molecule has 138 valence electrons. The van der Waals surface area contributed by atoms with E-state index in [-0.39, 0.29) is 0 Å². The van der Waals surface area contributed by atoms with Crippen LogP contribution in [0.2, 0.25) is 0 Å². The number of rotatable bonds is 8. The van der Waals surface area contributed by atoms with Crippen molar-refractivity contribution in [2.45, 2.75) is 13.8 Å². The Hall–Kier alpha value is -2.53. The van der Waals surface area contributed by atoms with Crippen LogP contribution in [0.15, 0.2) is 47.0 Å². The fourth-order valence-corrected chi connectivity index (χ4v) is 2.61. The molecule has 0 aliphatic carbocycles. The van der Waals surface area contributed by atoms with E-state index in [0.717, 1.165) is 41.2 Å². The van der Waals surface area contributed by atoms with E-state index in [0.29, 0.717) is 18.2 Å². The molecule has 0 unspecified atom stereocenters. The second-order valence-electron chi connectivity index (χ2n) is 7.14. The van der Waals surface area contributed by atoms with E-state index in [2.05, 4.69) is 29.0 Å². The lowest BCUT2D eigenvalue weighted by Gasteiger charge is -2.11. The zero-order valence-corrected chi connectivity index (χ0v) is 16.0. The number of benzene rings is 1. The Morgan fingerprint density at radius 2 is 1.92 bits per heavy atom. The zero-order valence-electron chi connectivity index (χ0n) is 16.0. The van der Waals surface area contributed by atoms with Gasteiger partial charge in [0.05, 0.1) is 5.39 Å². The van der Waals surface area contributed by atoms with Crippen LogP contribution in [0.5, 0.6) is 5.75 Å². The van der Waals surface area contributed by atoms with Gasteiger partial charge in [-0.3, -0.25) is 0 Å². The number of nitrogens with zero attached hydrogens (tertiary/aromatic N) is 2. The van der Waals surface area contributed by atoms with Crippen molar-refractivity contribution >= 4 is 16.8 Å². The molecule has 3 aromatic rings. The van der Waals surface area contributed by atoms with Crippen molar-refractivity contribution < 1.29 is 9.15 Å². The summed E-state index contributed by atoms with van der Waals surface area (Å²) >= 11 is 0. The Bertz CT molecular complexity index is 838. The van der Waals surface area contributed by atoms with Gasteiger partial charge in [-0.2, -0.15) is 0 Å². The number of anilines is 1. The van der Waals surface area contributed by atoms with E-state index >= 15 is 0 Å². The van der Waals surface area contributed by atoms with Gasteiger partial charge >= 0.3 is 0 Å². The minimum absolute atomic E-state index is 0.574. The summed E-state index contributed by atoms with van der Waals surface area (Å²) in [7, 11) is 4.07. The SMILES string of the molecule is CC(C)CNc1ccnc2oc(-c3ccc(OCCN(C)C)cc3)cc12. The van der Waals surface area contributed by atoms with Gasteiger partial charge in [-0.05, 0) is 56.4 Å². The van der Waals surface area contributed by atoms with Crippen molar-refractivity contribution in [3.05, 3.63) is 42.6 Å². The van der Waals surface area contributed by atoms with E-state index in [1.165, 1.54) is 0 Å². The Morgan fingerprint density at radius 1 is 1.15 bits per heavy atom. The van der Waals surface area contributed by atoms with Gasteiger partial charge in [0.15, 0.2) is 0 Å². The second kappa shape index (κ2) is 8.23. The van der Waals surface area contributed by atoms with Gasteiger partial charge in [-0.15, -0.1) is 0 Å². The number of nitrogens with one attached hydrogen (secondary N) is 1. The lowest BCUT2D eigenvalue weighted by atomic mass is 10.1. The van der Waals surface area contributed by atoms with Crippen LogP contribution < -0.4 is 10.1 Å². The predicted octanol–water partition coefficient (Wildman–Crippen LogP) is 4.50. The fraction of sp³-hybridized carbons (Fsp3) is 0.381. The summed E-state index contributed by atoms with van der Waals surface area (Å²) in [6, 6.07) is 12.0. The summed E-state index contributed by atoms with van der Waals surface area (Å²) in [6.45, 7) is 6.86. The first-order valence-corrected chi connectivity index (χ1v) is 9.03. The third-order valence-corrected chi connectivity index (χ3v) is 4.08.